The van der Waals surface area contributed by atoms with Gasteiger partial charge in [0, 0.05) is 10.6 Å². The molecule has 0 atom stereocenters. The van der Waals surface area contributed by atoms with Gasteiger partial charge in [-0.05, 0) is 62.1 Å². The van der Waals surface area contributed by atoms with Crippen LogP contribution in [0.2, 0.25) is 0 Å². The van der Waals surface area contributed by atoms with Crippen LogP contribution >= 0.6 is 11.3 Å². The molecule has 2 aromatic heterocycles. The van der Waals surface area contributed by atoms with E-state index in [1.165, 1.54) is 23.5 Å². The fourth-order valence-corrected chi connectivity index (χ4v) is 6.39. The predicted octanol–water partition coefficient (Wildman–Crippen LogP) is 4.48. The van der Waals surface area contributed by atoms with Gasteiger partial charge in [-0.1, -0.05) is 18.2 Å². The van der Waals surface area contributed by atoms with E-state index in [1.807, 2.05) is 6.07 Å². The number of thiophene rings is 1. The van der Waals surface area contributed by atoms with Gasteiger partial charge < -0.3 is 15.8 Å². The smallest absolute Gasteiger partial charge is 0.341 e. The Morgan fingerprint density at radius 1 is 1.09 bits per heavy atom. The maximum atomic E-state index is 13.1. The number of benzene rings is 2. The molecule has 9 nitrogen and oxygen atoms in total. The third-order valence-electron chi connectivity index (χ3n) is 5.60. The second kappa shape index (κ2) is 9.16. The zero-order chi connectivity index (χ0) is 24.6. The van der Waals surface area contributed by atoms with Gasteiger partial charge in [-0.25, -0.2) is 23.2 Å². The quantitative estimate of drug-likeness (QED) is 0.245. The van der Waals surface area contributed by atoms with Crippen LogP contribution in [0, 0.1) is 0 Å². The van der Waals surface area contributed by atoms with Crippen molar-refractivity contribution < 1.29 is 17.9 Å². The number of rotatable bonds is 7. The van der Waals surface area contributed by atoms with Crippen molar-refractivity contribution >= 4 is 60.7 Å². The second-order valence-corrected chi connectivity index (χ2v) is 10.8. The van der Waals surface area contributed by atoms with Crippen molar-refractivity contribution in [2.45, 2.75) is 31.1 Å². The lowest BCUT2D eigenvalue weighted by Crippen LogP contribution is -2.16. The first kappa shape index (κ1) is 23.1. The average molecular weight is 510 g/mol. The molecule has 4 aromatic rings. The number of para-hydroxylation sites is 2. The summed E-state index contributed by atoms with van der Waals surface area (Å²) in [5, 5.41) is 3.74. The third kappa shape index (κ3) is 4.52. The number of sulfonamides is 1. The number of hydrogen-bond acceptors (Lipinski definition) is 9. The number of ether oxygens (including phenoxy) is 1. The van der Waals surface area contributed by atoms with E-state index in [4.69, 9.17) is 10.5 Å². The number of anilines is 4. The highest BCUT2D eigenvalue weighted by Gasteiger charge is 2.29. The lowest BCUT2D eigenvalue weighted by molar-refractivity contribution is 0.0527. The zero-order valence-corrected chi connectivity index (χ0v) is 20.5. The molecule has 5 rings (SSSR count). The van der Waals surface area contributed by atoms with Crippen LogP contribution < -0.4 is 15.8 Å². The molecule has 0 bridgehead atoms. The number of fused-ring (bicyclic) bond motifs is 2. The summed E-state index contributed by atoms with van der Waals surface area (Å²) in [6.45, 7) is 2.01. The number of hydrogen-bond donors (Lipinski definition) is 3. The molecule has 0 aliphatic heterocycles. The fourth-order valence-electron chi connectivity index (χ4n) is 4.05. The van der Waals surface area contributed by atoms with E-state index in [2.05, 4.69) is 20.0 Å². The molecular weight excluding hydrogens is 486 g/mol. The third-order valence-corrected chi connectivity index (χ3v) is 8.15. The van der Waals surface area contributed by atoms with Gasteiger partial charge in [-0.2, -0.15) is 0 Å². The highest BCUT2D eigenvalue weighted by Crippen LogP contribution is 2.41. The molecule has 0 fully saturated rings. The number of aryl methyl sites for hydroxylation is 1. The molecular formula is C24H23N5O4S2. The van der Waals surface area contributed by atoms with Gasteiger partial charge in [0.25, 0.3) is 10.0 Å². The van der Waals surface area contributed by atoms with Crippen LogP contribution in [-0.4, -0.2) is 31.0 Å². The Hall–Kier alpha value is -3.70. The first-order valence-corrected chi connectivity index (χ1v) is 13.4. The molecule has 2 heterocycles. The van der Waals surface area contributed by atoms with Gasteiger partial charge >= 0.3 is 5.97 Å². The van der Waals surface area contributed by atoms with Crippen LogP contribution in [0.5, 0.6) is 0 Å². The number of aromatic nitrogens is 2. The normalized spacial score (nSPS) is 12.9. The van der Waals surface area contributed by atoms with Gasteiger partial charge in [0.2, 0.25) is 0 Å². The van der Waals surface area contributed by atoms with E-state index in [-0.39, 0.29) is 23.1 Å². The van der Waals surface area contributed by atoms with Crippen molar-refractivity contribution in [2.24, 2.45) is 0 Å². The topological polar surface area (TPSA) is 136 Å². The molecule has 2 aromatic carbocycles. The van der Waals surface area contributed by atoms with Crippen LogP contribution in [0.15, 0.2) is 53.4 Å². The number of carbonyl (C=O) groups excluding carboxylic acids is 1. The van der Waals surface area contributed by atoms with Crippen molar-refractivity contribution in [3.8, 4) is 0 Å². The molecule has 1 aliphatic rings. The molecule has 0 spiro atoms. The summed E-state index contributed by atoms with van der Waals surface area (Å²) < 4.78 is 34.1. The molecule has 0 radical (unpaired) electrons. The summed E-state index contributed by atoms with van der Waals surface area (Å²) in [6.07, 6.45) is 2.65. The lowest BCUT2D eigenvalue weighted by atomic mass is 10.1. The molecule has 0 unspecified atom stereocenters. The molecule has 35 heavy (non-hydrogen) atoms. The van der Waals surface area contributed by atoms with E-state index < -0.39 is 16.0 Å². The van der Waals surface area contributed by atoms with Crippen LogP contribution in [-0.2, 0) is 27.6 Å². The average Bonchev–Trinajstić information content (AvgIpc) is 3.40. The Bertz CT molecular complexity index is 1550. The molecule has 4 N–H and O–H groups in total. The Morgan fingerprint density at radius 2 is 1.83 bits per heavy atom. The predicted molar refractivity (Wildman–Crippen MR) is 137 cm³/mol. The van der Waals surface area contributed by atoms with Crippen molar-refractivity contribution in [3.05, 3.63) is 64.5 Å². The first-order chi connectivity index (χ1) is 16.9. The summed E-state index contributed by atoms with van der Waals surface area (Å²) in [4.78, 5) is 23.1. The van der Waals surface area contributed by atoms with Gasteiger partial charge in [-0.3, -0.25) is 4.72 Å². The standard InChI is InChI=1S/C24H23N5O4S2/c1-2-33-24(30)20-16-9-6-12-19(16)34-23(20)28-21-22(27-18-11-4-3-10-17(18)26-21)29-35(31,32)15-8-5-7-14(25)13-15/h3-5,7-8,10-11,13H,2,6,9,12,25H2,1H3,(H,26,28)(H,27,29). The monoisotopic (exact) mass is 509 g/mol. The highest BCUT2D eigenvalue weighted by atomic mass is 32.2. The highest BCUT2D eigenvalue weighted by molar-refractivity contribution is 7.92. The Labute approximate surface area is 206 Å². The number of esters is 1. The minimum absolute atomic E-state index is 0.000668. The largest absolute Gasteiger partial charge is 0.462 e. The Morgan fingerprint density at radius 3 is 2.54 bits per heavy atom. The van der Waals surface area contributed by atoms with E-state index in [9.17, 15) is 13.2 Å². The number of nitrogens with one attached hydrogen (secondary N) is 2. The van der Waals surface area contributed by atoms with Crippen LogP contribution in [0.25, 0.3) is 11.0 Å². The number of nitrogens with two attached hydrogens (primary N) is 1. The van der Waals surface area contributed by atoms with Crippen molar-refractivity contribution in [1.82, 2.24) is 9.97 Å². The van der Waals surface area contributed by atoms with Gasteiger partial charge in [0.1, 0.15) is 5.00 Å². The molecule has 0 amide bonds. The number of nitrogen functional groups attached to an aromatic ring is 1. The molecule has 0 saturated heterocycles. The second-order valence-electron chi connectivity index (χ2n) is 7.99. The van der Waals surface area contributed by atoms with E-state index >= 15 is 0 Å². The first-order valence-electron chi connectivity index (χ1n) is 11.1. The van der Waals surface area contributed by atoms with Crippen molar-refractivity contribution in [3.63, 3.8) is 0 Å². The molecule has 11 heteroatoms. The minimum atomic E-state index is -4.01. The Balaban J connectivity index is 1.60. The summed E-state index contributed by atoms with van der Waals surface area (Å²) in [5.74, 6) is -0.221. The van der Waals surface area contributed by atoms with Gasteiger partial charge in [-0.15, -0.1) is 11.3 Å². The van der Waals surface area contributed by atoms with E-state index in [0.717, 1.165) is 29.7 Å². The maximum Gasteiger partial charge on any atom is 0.341 e. The van der Waals surface area contributed by atoms with Crippen LogP contribution in [0.3, 0.4) is 0 Å². The summed E-state index contributed by atoms with van der Waals surface area (Å²) >= 11 is 1.45. The van der Waals surface area contributed by atoms with Gasteiger partial charge in [0.15, 0.2) is 11.6 Å². The van der Waals surface area contributed by atoms with Gasteiger partial charge in [0.05, 0.1) is 28.1 Å². The molecule has 0 saturated carbocycles. The van der Waals surface area contributed by atoms with E-state index in [1.54, 1.807) is 37.3 Å². The lowest BCUT2D eigenvalue weighted by Gasteiger charge is -2.14. The maximum absolute atomic E-state index is 13.1. The number of carbonyl (C=O) groups is 1. The molecule has 1 aliphatic carbocycles. The van der Waals surface area contributed by atoms with E-state index in [0.29, 0.717) is 27.3 Å². The number of nitrogens with zero attached hydrogens (tertiary/aromatic N) is 2. The summed E-state index contributed by atoms with van der Waals surface area (Å²) in [6, 6.07) is 13.1. The Kier molecular flexibility index (Phi) is 6.03. The zero-order valence-electron chi connectivity index (χ0n) is 18.9. The minimum Gasteiger partial charge on any atom is -0.462 e. The van der Waals surface area contributed by atoms with Crippen molar-refractivity contribution in [1.29, 1.82) is 0 Å². The van der Waals surface area contributed by atoms with Crippen molar-refractivity contribution in [2.75, 3.05) is 22.4 Å². The molecule has 180 valence electrons. The fraction of sp³-hybridized carbons (Fsp3) is 0.208. The van der Waals surface area contributed by atoms with Crippen LogP contribution in [0.1, 0.15) is 34.1 Å². The van der Waals surface area contributed by atoms with Crippen LogP contribution in [0.4, 0.5) is 22.3 Å². The summed E-state index contributed by atoms with van der Waals surface area (Å²) in [7, 11) is -4.01. The summed E-state index contributed by atoms with van der Waals surface area (Å²) in [5.41, 5.74) is 8.65. The SMILES string of the molecule is CCOC(=O)c1c(Nc2nc3ccccc3nc2NS(=O)(=O)c2cccc(N)c2)sc2c1CCC2.